The Morgan fingerprint density at radius 2 is 1.57 bits per heavy atom. The number of carbonyl (C=O) groups is 1. The van der Waals surface area contributed by atoms with Gasteiger partial charge in [0.15, 0.2) is 0 Å². The predicted octanol–water partition coefficient (Wildman–Crippen LogP) is 1.63. The Hall–Kier alpha value is -0.280. The van der Waals surface area contributed by atoms with Crippen LogP contribution in [0, 0.1) is 5.41 Å². The minimum absolute atomic E-state index is 0. The minimum atomic E-state index is -0.171. The highest BCUT2D eigenvalue weighted by Gasteiger charge is 2.51. The molecule has 0 heterocycles. The van der Waals surface area contributed by atoms with Crippen LogP contribution in [0.1, 0.15) is 38.5 Å². The SMILES string of the molecule is COC(=O)C12CCC(N)(CC1)CC2.Cl. The molecule has 2 N–H and O–H groups in total. The molecule has 0 spiro atoms. The van der Waals surface area contributed by atoms with Crippen molar-refractivity contribution in [2.24, 2.45) is 11.1 Å². The molecule has 0 aromatic rings. The van der Waals surface area contributed by atoms with Crippen molar-refractivity contribution < 1.29 is 9.53 Å². The number of carbonyl (C=O) groups excluding carboxylic acids is 1. The number of nitrogens with two attached hydrogens (primary N) is 1. The molecule has 14 heavy (non-hydrogen) atoms. The standard InChI is InChI=1S/C10H17NO2.ClH/c1-13-8(12)9-2-5-10(11,6-3-9)7-4-9;/h2-7,11H2,1H3;1H. The van der Waals surface area contributed by atoms with Crippen molar-refractivity contribution in [3.63, 3.8) is 0 Å². The zero-order chi connectivity index (χ0) is 9.53. The summed E-state index contributed by atoms with van der Waals surface area (Å²) in [4.78, 5) is 11.6. The molecule has 4 heteroatoms. The normalized spacial score (nSPS) is 40.1. The van der Waals surface area contributed by atoms with Gasteiger partial charge in [0.1, 0.15) is 0 Å². The summed E-state index contributed by atoms with van der Waals surface area (Å²) in [5.74, 6) is -0.0192. The van der Waals surface area contributed by atoms with Crippen molar-refractivity contribution in [3.8, 4) is 0 Å². The van der Waals surface area contributed by atoms with Gasteiger partial charge in [-0.3, -0.25) is 4.79 Å². The molecular formula is C10H18ClNO2. The Bertz CT molecular complexity index is 218. The third-order valence-electron chi connectivity index (χ3n) is 3.92. The minimum Gasteiger partial charge on any atom is -0.469 e. The van der Waals surface area contributed by atoms with Gasteiger partial charge in [-0.2, -0.15) is 0 Å². The summed E-state index contributed by atoms with van der Waals surface area (Å²) < 4.78 is 4.86. The van der Waals surface area contributed by atoms with Gasteiger partial charge in [0.25, 0.3) is 0 Å². The molecule has 3 aliphatic carbocycles. The van der Waals surface area contributed by atoms with E-state index in [2.05, 4.69) is 0 Å². The maximum absolute atomic E-state index is 11.6. The van der Waals surface area contributed by atoms with Gasteiger partial charge in [0, 0.05) is 5.54 Å². The van der Waals surface area contributed by atoms with E-state index in [0.29, 0.717) is 0 Å². The molecule has 0 saturated heterocycles. The number of halogens is 1. The summed E-state index contributed by atoms with van der Waals surface area (Å²) in [5.41, 5.74) is 6.01. The third kappa shape index (κ3) is 1.63. The number of esters is 1. The molecule has 3 rings (SSSR count). The molecular weight excluding hydrogens is 202 g/mol. The summed E-state index contributed by atoms with van der Waals surface area (Å²) in [6, 6.07) is 0. The van der Waals surface area contributed by atoms with Crippen molar-refractivity contribution in [3.05, 3.63) is 0 Å². The predicted molar refractivity (Wildman–Crippen MR) is 56.3 cm³/mol. The lowest BCUT2D eigenvalue weighted by Gasteiger charge is -2.49. The fraction of sp³-hybridized carbons (Fsp3) is 0.900. The maximum atomic E-state index is 11.6. The first-order chi connectivity index (χ1) is 6.10. The largest absolute Gasteiger partial charge is 0.469 e. The van der Waals surface area contributed by atoms with Crippen LogP contribution in [0.5, 0.6) is 0 Å². The Morgan fingerprint density at radius 1 is 1.14 bits per heavy atom. The molecule has 2 bridgehead atoms. The number of hydrogen-bond donors (Lipinski definition) is 1. The van der Waals surface area contributed by atoms with E-state index in [-0.39, 0.29) is 29.3 Å². The lowest BCUT2D eigenvalue weighted by Crippen LogP contribution is -2.54. The Morgan fingerprint density at radius 3 is 1.93 bits per heavy atom. The average molecular weight is 220 g/mol. The highest BCUT2D eigenvalue weighted by molar-refractivity contribution is 5.85. The van der Waals surface area contributed by atoms with Crippen LogP contribution in [0.3, 0.4) is 0 Å². The van der Waals surface area contributed by atoms with Crippen LogP contribution in [0.2, 0.25) is 0 Å². The number of rotatable bonds is 1. The summed E-state index contributed by atoms with van der Waals surface area (Å²) in [5, 5.41) is 0. The van der Waals surface area contributed by atoms with E-state index in [1.807, 2.05) is 0 Å². The second-order valence-electron chi connectivity index (χ2n) is 4.63. The molecule has 0 aliphatic heterocycles. The van der Waals surface area contributed by atoms with Gasteiger partial charge in [-0.15, -0.1) is 12.4 Å². The van der Waals surface area contributed by atoms with Gasteiger partial charge in [0.05, 0.1) is 12.5 Å². The smallest absolute Gasteiger partial charge is 0.311 e. The molecule has 0 radical (unpaired) electrons. The van der Waals surface area contributed by atoms with Crippen LogP contribution in [0.25, 0.3) is 0 Å². The molecule has 0 aromatic carbocycles. The highest BCUT2D eigenvalue weighted by Crippen LogP contribution is 2.51. The molecule has 0 atom stereocenters. The first kappa shape index (κ1) is 11.8. The third-order valence-corrected chi connectivity index (χ3v) is 3.92. The highest BCUT2D eigenvalue weighted by atomic mass is 35.5. The molecule has 3 saturated carbocycles. The summed E-state index contributed by atoms with van der Waals surface area (Å²) in [6.07, 6.45) is 5.74. The lowest BCUT2D eigenvalue weighted by atomic mass is 9.57. The van der Waals surface area contributed by atoms with E-state index in [1.165, 1.54) is 7.11 Å². The molecule has 0 unspecified atom stereocenters. The van der Waals surface area contributed by atoms with E-state index in [1.54, 1.807) is 0 Å². The van der Waals surface area contributed by atoms with E-state index in [9.17, 15) is 4.79 Å². The number of methoxy groups -OCH3 is 1. The Balaban J connectivity index is 0.000000980. The molecule has 0 aromatic heterocycles. The number of fused-ring (bicyclic) bond motifs is 3. The van der Waals surface area contributed by atoms with Crippen molar-refractivity contribution in [1.82, 2.24) is 0 Å². The van der Waals surface area contributed by atoms with E-state index in [0.717, 1.165) is 38.5 Å². The summed E-state index contributed by atoms with van der Waals surface area (Å²) in [6.45, 7) is 0. The topological polar surface area (TPSA) is 52.3 Å². The van der Waals surface area contributed by atoms with Crippen LogP contribution in [0.4, 0.5) is 0 Å². The fourth-order valence-corrected chi connectivity index (χ4v) is 2.74. The first-order valence-electron chi connectivity index (χ1n) is 4.98. The number of hydrogen-bond acceptors (Lipinski definition) is 3. The quantitative estimate of drug-likeness (QED) is 0.682. The molecule has 3 aliphatic rings. The van der Waals surface area contributed by atoms with Gasteiger partial charge < -0.3 is 10.5 Å². The van der Waals surface area contributed by atoms with Gasteiger partial charge in [-0.1, -0.05) is 0 Å². The van der Waals surface area contributed by atoms with Gasteiger partial charge in [-0.05, 0) is 38.5 Å². The Kier molecular flexibility index (Phi) is 3.12. The van der Waals surface area contributed by atoms with E-state index in [4.69, 9.17) is 10.5 Å². The molecule has 82 valence electrons. The van der Waals surface area contributed by atoms with Crippen molar-refractivity contribution in [1.29, 1.82) is 0 Å². The van der Waals surface area contributed by atoms with Crippen LogP contribution in [-0.4, -0.2) is 18.6 Å². The van der Waals surface area contributed by atoms with Crippen molar-refractivity contribution >= 4 is 18.4 Å². The second kappa shape index (κ2) is 3.70. The zero-order valence-electron chi connectivity index (χ0n) is 8.54. The van der Waals surface area contributed by atoms with Gasteiger partial charge >= 0.3 is 5.97 Å². The lowest BCUT2D eigenvalue weighted by molar-refractivity contribution is -0.159. The average Bonchev–Trinajstić information content (AvgIpc) is 2.18. The zero-order valence-corrected chi connectivity index (χ0v) is 9.36. The summed E-state index contributed by atoms with van der Waals surface area (Å²) >= 11 is 0. The van der Waals surface area contributed by atoms with Gasteiger partial charge in [0.2, 0.25) is 0 Å². The fourth-order valence-electron chi connectivity index (χ4n) is 2.74. The summed E-state index contributed by atoms with van der Waals surface area (Å²) in [7, 11) is 1.48. The van der Waals surface area contributed by atoms with Crippen LogP contribution >= 0.6 is 12.4 Å². The van der Waals surface area contributed by atoms with Crippen LogP contribution in [0.15, 0.2) is 0 Å². The molecule has 0 amide bonds. The van der Waals surface area contributed by atoms with E-state index >= 15 is 0 Å². The van der Waals surface area contributed by atoms with Crippen molar-refractivity contribution in [2.45, 2.75) is 44.1 Å². The monoisotopic (exact) mass is 219 g/mol. The molecule has 3 fully saturated rings. The van der Waals surface area contributed by atoms with Crippen LogP contribution < -0.4 is 5.73 Å². The second-order valence-corrected chi connectivity index (χ2v) is 4.63. The molecule has 3 nitrogen and oxygen atoms in total. The maximum Gasteiger partial charge on any atom is 0.311 e. The first-order valence-corrected chi connectivity index (χ1v) is 4.98. The van der Waals surface area contributed by atoms with Crippen molar-refractivity contribution in [2.75, 3.05) is 7.11 Å². The number of ether oxygens (including phenoxy) is 1. The van der Waals surface area contributed by atoms with E-state index < -0.39 is 0 Å². The Labute approximate surface area is 90.8 Å². The van der Waals surface area contributed by atoms with Gasteiger partial charge in [-0.25, -0.2) is 0 Å². The van der Waals surface area contributed by atoms with Crippen LogP contribution in [-0.2, 0) is 9.53 Å².